The number of hydrogen-bond acceptors (Lipinski definition) is 3. The van der Waals surface area contributed by atoms with Crippen molar-refractivity contribution >= 4 is 5.78 Å². The third kappa shape index (κ3) is 2.55. The van der Waals surface area contributed by atoms with Crippen molar-refractivity contribution in [3.8, 4) is 0 Å². The number of ether oxygens (including phenoxy) is 2. The van der Waals surface area contributed by atoms with Crippen LogP contribution in [0.15, 0.2) is 0 Å². The lowest BCUT2D eigenvalue weighted by molar-refractivity contribution is -0.169. The highest BCUT2D eigenvalue weighted by Crippen LogP contribution is 2.46. The molecule has 1 heterocycles. The molecule has 3 nitrogen and oxygen atoms in total. The van der Waals surface area contributed by atoms with Gasteiger partial charge in [0.05, 0.1) is 5.60 Å². The molecule has 0 radical (unpaired) electrons. The zero-order valence-corrected chi connectivity index (χ0v) is 12.8. The summed E-state index contributed by atoms with van der Waals surface area (Å²) in [6.07, 6.45) is 12.0. The normalized spacial score (nSPS) is 32.4. The summed E-state index contributed by atoms with van der Waals surface area (Å²) < 4.78 is 11.8. The Bertz CT molecular complexity index is 351. The van der Waals surface area contributed by atoms with Crippen molar-refractivity contribution in [2.24, 2.45) is 5.92 Å². The van der Waals surface area contributed by atoms with Gasteiger partial charge in [-0.05, 0) is 44.9 Å². The van der Waals surface area contributed by atoms with E-state index in [-0.39, 0.29) is 11.5 Å². The maximum atomic E-state index is 13.1. The van der Waals surface area contributed by atoms with E-state index in [0.717, 1.165) is 58.0 Å². The molecule has 3 rings (SSSR count). The first-order valence-electron chi connectivity index (χ1n) is 8.43. The molecule has 0 N–H and O–H groups in total. The number of Topliss-reactive ketones (excluding diaryl/α,β-unsaturated/α-hetero) is 1. The van der Waals surface area contributed by atoms with Crippen LogP contribution in [0.3, 0.4) is 0 Å². The highest BCUT2D eigenvalue weighted by Gasteiger charge is 2.49. The SMILES string of the molecule is COC1(C(=O)C2CCOC3(CCC3)C2)CCCCCC1. The van der Waals surface area contributed by atoms with E-state index in [4.69, 9.17) is 9.47 Å². The molecule has 0 aromatic rings. The van der Waals surface area contributed by atoms with Crippen molar-refractivity contribution in [2.75, 3.05) is 13.7 Å². The van der Waals surface area contributed by atoms with Gasteiger partial charge in [-0.15, -0.1) is 0 Å². The van der Waals surface area contributed by atoms with Crippen LogP contribution in [-0.4, -0.2) is 30.7 Å². The van der Waals surface area contributed by atoms with Gasteiger partial charge in [-0.3, -0.25) is 4.79 Å². The molecule has 0 aromatic carbocycles. The molecule has 1 saturated heterocycles. The highest BCUT2D eigenvalue weighted by atomic mass is 16.5. The maximum absolute atomic E-state index is 13.1. The van der Waals surface area contributed by atoms with Crippen LogP contribution in [0.4, 0.5) is 0 Å². The fraction of sp³-hybridized carbons (Fsp3) is 0.941. The van der Waals surface area contributed by atoms with Gasteiger partial charge in [-0.25, -0.2) is 0 Å². The third-order valence-corrected chi connectivity index (χ3v) is 5.88. The lowest BCUT2D eigenvalue weighted by Crippen LogP contribution is -2.52. The average Bonchev–Trinajstić information content (AvgIpc) is 2.71. The van der Waals surface area contributed by atoms with Crippen LogP contribution in [0.1, 0.15) is 70.6 Å². The highest BCUT2D eigenvalue weighted by molar-refractivity contribution is 5.89. The second-order valence-electron chi connectivity index (χ2n) is 7.05. The molecule has 2 saturated carbocycles. The van der Waals surface area contributed by atoms with Crippen molar-refractivity contribution in [3.05, 3.63) is 0 Å². The quantitative estimate of drug-likeness (QED) is 0.740. The summed E-state index contributed by atoms with van der Waals surface area (Å²) in [5, 5.41) is 0. The molecule has 0 bridgehead atoms. The second-order valence-corrected chi connectivity index (χ2v) is 7.05. The van der Waals surface area contributed by atoms with Crippen LogP contribution < -0.4 is 0 Å². The summed E-state index contributed by atoms with van der Waals surface area (Å²) >= 11 is 0. The minimum Gasteiger partial charge on any atom is -0.375 e. The van der Waals surface area contributed by atoms with Gasteiger partial charge in [0.15, 0.2) is 5.78 Å². The van der Waals surface area contributed by atoms with Crippen LogP contribution in [-0.2, 0) is 14.3 Å². The Hall–Kier alpha value is -0.410. The molecule has 0 amide bonds. The molecule has 3 heteroatoms. The van der Waals surface area contributed by atoms with Gasteiger partial charge in [0.1, 0.15) is 5.60 Å². The predicted octanol–water partition coefficient (Wildman–Crippen LogP) is 3.64. The minimum absolute atomic E-state index is 0.0538. The molecule has 20 heavy (non-hydrogen) atoms. The lowest BCUT2D eigenvalue weighted by Gasteiger charge is -2.48. The molecule has 3 aliphatic rings. The van der Waals surface area contributed by atoms with E-state index < -0.39 is 5.60 Å². The molecule has 2 aliphatic carbocycles. The number of carbonyl (C=O) groups excluding carboxylic acids is 1. The van der Waals surface area contributed by atoms with E-state index in [0.29, 0.717) is 5.78 Å². The van der Waals surface area contributed by atoms with Crippen molar-refractivity contribution in [1.29, 1.82) is 0 Å². The molecule has 1 aliphatic heterocycles. The van der Waals surface area contributed by atoms with E-state index in [2.05, 4.69) is 0 Å². The summed E-state index contributed by atoms with van der Waals surface area (Å²) in [6.45, 7) is 0.760. The Morgan fingerprint density at radius 1 is 1.05 bits per heavy atom. The smallest absolute Gasteiger partial charge is 0.167 e. The molecule has 114 valence electrons. The first kappa shape index (κ1) is 14.5. The third-order valence-electron chi connectivity index (χ3n) is 5.88. The summed E-state index contributed by atoms with van der Waals surface area (Å²) in [5.74, 6) is 0.554. The number of rotatable bonds is 3. The van der Waals surface area contributed by atoms with Crippen molar-refractivity contribution in [2.45, 2.75) is 81.8 Å². The first-order valence-corrected chi connectivity index (χ1v) is 8.43. The van der Waals surface area contributed by atoms with Gasteiger partial charge in [0.2, 0.25) is 0 Å². The Morgan fingerprint density at radius 2 is 1.75 bits per heavy atom. The number of carbonyl (C=O) groups is 1. The van der Waals surface area contributed by atoms with Crippen LogP contribution in [0, 0.1) is 5.92 Å². The van der Waals surface area contributed by atoms with Gasteiger partial charge in [-0.1, -0.05) is 25.7 Å². The number of hydrogen-bond donors (Lipinski definition) is 0. The van der Waals surface area contributed by atoms with Gasteiger partial charge in [0, 0.05) is 19.6 Å². The largest absolute Gasteiger partial charge is 0.375 e. The zero-order chi connectivity index (χ0) is 14.1. The average molecular weight is 280 g/mol. The van der Waals surface area contributed by atoms with Crippen LogP contribution >= 0.6 is 0 Å². The molecule has 1 atom stereocenters. The first-order chi connectivity index (χ1) is 9.70. The second kappa shape index (κ2) is 5.76. The topological polar surface area (TPSA) is 35.5 Å². The lowest BCUT2D eigenvalue weighted by atomic mass is 9.68. The summed E-state index contributed by atoms with van der Waals surface area (Å²) in [6, 6.07) is 0. The van der Waals surface area contributed by atoms with E-state index in [1.54, 1.807) is 7.11 Å². The number of ketones is 1. The van der Waals surface area contributed by atoms with E-state index >= 15 is 0 Å². The Kier molecular flexibility index (Phi) is 4.19. The van der Waals surface area contributed by atoms with E-state index in [1.165, 1.54) is 19.3 Å². The summed E-state index contributed by atoms with van der Waals surface area (Å²) in [7, 11) is 1.74. The standard InChI is InChI=1S/C17H28O3/c1-19-17(10-4-2-3-5-11-17)15(18)14-7-12-20-16(13-14)8-6-9-16/h14H,2-13H2,1H3. The van der Waals surface area contributed by atoms with Gasteiger partial charge in [0.25, 0.3) is 0 Å². The molecular formula is C17H28O3. The van der Waals surface area contributed by atoms with Crippen molar-refractivity contribution in [1.82, 2.24) is 0 Å². The summed E-state index contributed by atoms with van der Waals surface area (Å²) in [4.78, 5) is 13.1. The fourth-order valence-electron chi connectivity index (χ4n) is 4.39. The van der Waals surface area contributed by atoms with Crippen molar-refractivity contribution < 1.29 is 14.3 Å². The van der Waals surface area contributed by atoms with Crippen LogP contribution in [0.2, 0.25) is 0 Å². The molecule has 0 aromatic heterocycles. The van der Waals surface area contributed by atoms with Crippen LogP contribution in [0.25, 0.3) is 0 Å². The van der Waals surface area contributed by atoms with Gasteiger partial charge >= 0.3 is 0 Å². The predicted molar refractivity (Wildman–Crippen MR) is 77.7 cm³/mol. The van der Waals surface area contributed by atoms with Gasteiger partial charge in [-0.2, -0.15) is 0 Å². The molecule has 1 unspecified atom stereocenters. The minimum atomic E-state index is -0.483. The Morgan fingerprint density at radius 3 is 2.30 bits per heavy atom. The van der Waals surface area contributed by atoms with E-state index in [1.807, 2.05) is 0 Å². The Balaban J connectivity index is 1.72. The molecule has 3 fully saturated rings. The zero-order valence-electron chi connectivity index (χ0n) is 12.8. The van der Waals surface area contributed by atoms with Crippen LogP contribution in [0.5, 0.6) is 0 Å². The monoisotopic (exact) mass is 280 g/mol. The van der Waals surface area contributed by atoms with E-state index in [9.17, 15) is 4.79 Å². The molecule has 1 spiro atoms. The molecular weight excluding hydrogens is 252 g/mol. The van der Waals surface area contributed by atoms with Gasteiger partial charge < -0.3 is 9.47 Å². The Labute approximate surface area is 122 Å². The summed E-state index contributed by atoms with van der Waals surface area (Å²) in [5.41, 5.74) is -0.429. The maximum Gasteiger partial charge on any atom is 0.167 e. The van der Waals surface area contributed by atoms with Crippen molar-refractivity contribution in [3.63, 3.8) is 0 Å². The number of methoxy groups -OCH3 is 1. The fourth-order valence-corrected chi connectivity index (χ4v) is 4.39.